The summed E-state index contributed by atoms with van der Waals surface area (Å²) >= 11 is 0. The zero-order valence-corrected chi connectivity index (χ0v) is 12.7. The number of hydrazine groups is 1. The van der Waals surface area contributed by atoms with Crippen LogP contribution in [0.15, 0.2) is 30.3 Å². The lowest BCUT2D eigenvalue weighted by Gasteiger charge is -2.19. The highest BCUT2D eigenvalue weighted by Crippen LogP contribution is 2.38. The molecule has 7 nitrogen and oxygen atoms in total. The summed E-state index contributed by atoms with van der Waals surface area (Å²) in [6, 6.07) is 9.27. The fourth-order valence-corrected chi connectivity index (χ4v) is 2.87. The number of carboxylic acid groups (broad SMARTS) is 1. The zero-order valence-electron chi connectivity index (χ0n) is 12.7. The lowest BCUT2D eigenvalue weighted by Crippen LogP contribution is -2.41. The first kappa shape index (κ1) is 16.1. The number of hydrogen-bond donors (Lipinski definition) is 2. The van der Waals surface area contributed by atoms with Gasteiger partial charge in [0.15, 0.2) is 0 Å². The van der Waals surface area contributed by atoms with Gasteiger partial charge in [0, 0.05) is 21.0 Å². The minimum atomic E-state index is -0.833. The highest BCUT2D eigenvalue weighted by molar-refractivity contribution is 6.07. The van der Waals surface area contributed by atoms with E-state index >= 15 is 0 Å². The molecule has 118 valence electrons. The molecule has 2 saturated heterocycles. The number of nitrogens with zero attached hydrogens (tertiary/aromatic N) is 2. The Hall–Kier alpha value is -2.25. The molecule has 22 heavy (non-hydrogen) atoms. The Bertz CT molecular complexity index is 586. The number of aliphatic carboxylic acids is 1. The Kier molecular flexibility index (Phi) is 4.58. The SMILES string of the molecule is CC(=O)O.CN1C(=O)C2C(c3ccccc3)NN(C)C2C1=O. The summed E-state index contributed by atoms with van der Waals surface area (Å²) in [5.41, 5.74) is 4.25. The number of fused-ring (bicyclic) bond motifs is 1. The van der Waals surface area contributed by atoms with Crippen molar-refractivity contribution in [3.05, 3.63) is 35.9 Å². The molecular weight excluding hydrogens is 286 g/mol. The van der Waals surface area contributed by atoms with E-state index in [0.29, 0.717) is 0 Å². The van der Waals surface area contributed by atoms with Gasteiger partial charge in [-0.15, -0.1) is 0 Å². The van der Waals surface area contributed by atoms with E-state index in [1.54, 1.807) is 12.1 Å². The van der Waals surface area contributed by atoms with Crippen LogP contribution in [0.2, 0.25) is 0 Å². The first-order valence-electron chi connectivity index (χ1n) is 6.89. The molecule has 3 unspecified atom stereocenters. The summed E-state index contributed by atoms with van der Waals surface area (Å²) in [5, 5.41) is 9.17. The maximum atomic E-state index is 12.2. The summed E-state index contributed by atoms with van der Waals surface area (Å²) in [7, 11) is 3.36. The molecule has 2 N–H and O–H groups in total. The summed E-state index contributed by atoms with van der Waals surface area (Å²) in [4.78, 5) is 34.4. The molecule has 3 rings (SSSR count). The molecule has 0 radical (unpaired) electrons. The summed E-state index contributed by atoms with van der Waals surface area (Å²) in [6.45, 7) is 1.08. The third-order valence-electron chi connectivity index (χ3n) is 3.82. The second-order valence-corrected chi connectivity index (χ2v) is 5.35. The van der Waals surface area contributed by atoms with E-state index in [-0.39, 0.29) is 29.8 Å². The number of imide groups is 1. The second-order valence-electron chi connectivity index (χ2n) is 5.35. The smallest absolute Gasteiger partial charge is 0.300 e. The molecule has 1 aromatic carbocycles. The van der Waals surface area contributed by atoms with Crippen LogP contribution in [0.1, 0.15) is 18.5 Å². The van der Waals surface area contributed by atoms with Crippen LogP contribution in [-0.4, -0.2) is 52.9 Å². The minimum Gasteiger partial charge on any atom is -0.481 e. The molecule has 3 atom stereocenters. The largest absolute Gasteiger partial charge is 0.481 e. The Morgan fingerprint density at radius 1 is 1.14 bits per heavy atom. The topological polar surface area (TPSA) is 89.9 Å². The van der Waals surface area contributed by atoms with Crippen LogP contribution < -0.4 is 5.43 Å². The van der Waals surface area contributed by atoms with Gasteiger partial charge in [0.05, 0.1) is 12.0 Å². The van der Waals surface area contributed by atoms with Crippen molar-refractivity contribution in [3.8, 4) is 0 Å². The lowest BCUT2D eigenvalue weighted by molar-refractivity contribution is -0.139. The van der Waals surface area contributed by atoms with Crippen molar-refractivity contribution in [2.24, 2.45) is 5.92 Å². The third-order valence-corrected chi connectivity index (χ3v) is 3.82. The molecule has 2 fully saturated rings. The summed E-state index contributed by atoms with van der Waals surface area (Å²) in [5.74, 6) is -1.39. The van der Waals surface area contributed by atoms with Gasteiger partial charge in [-0.3, -0.25) is 19.3 Å². The van der Waals surface area contributed by atoms with Crippen molar-refractivity contribution < 1.29 is 19.5 Å². The zero-order chi connectivity index (χ0) is 16.4. The lowest BCUT2D eigenvalue weighted by atomic mass is 9.91. The van der Waals surface area contributed by atoms with Crippen LogP contribution >= 0.6 is 0 Å². The van der Waals surface area contributed by atoms with Gasteiger partial charge in [0.25, 0.3) is 5.97 Å². The number of nitrogens with one attached hydrogen (secondary N) is 1. The first-order chi connectivity index (χ1) is 10.3. The van der Waals surface area contributed by atoms with Gasteiger partial charge >= 0.3 is 0 Å². The minimum absolute atomic E-state index is 0.101. The maximum Gasteiger partial charge on any atom is 0.300 e. The second kappa shape index (κ2) is 6.25. The maximum absolute atomic E-state index is 12.2. The number of likely N-dealkylation sites (N-methyl/N-ethyl adjacent to an activating group) is 2. The average Bonchev–Trinajstić information content (AvgIpc) is 2.92. The number of amides is 2. The van der Waals surface area contributed by atoms with Crippen LogP contribution in [0.4, 0.5) is 0 Å². The van der Waals surface area contributed by atoms with Crippen molar-refractivity contribution >= 4 is 17.8 Å². The summed E-state index contributed by atoms with van der Waals surface area (Å²) < 4.78 is 0. The molecule has 2 aliphatic heterocycles. The van der Waals surface area contributed by atoms with Gasteiger partial charge in [0.2, 0.25) is 11.8 Å². The highest BCUT2D eigenvalue weighted by atomic mass is 16.4. The molecule has 0 spiro atoms. The normalized spacial score (nSPS) is 27.4. The predicted molar refractivity (Wildman–Crippen MR) is 78.4 cm³/mol. The van der Waals surface area contributed by atoms with E-state index in [0.717, 1.165) is 12.5 Å². The number of carbonyl (C=O) groups excluding carboxylic acids is 2. The van der Waals surface area contributed by atoms with E-state index in [2.05, 4.69) is 5.43 Å². The number of carboxylic acids is 1. The molecule has 0 aromatic heterocycles. The molecule has 2 aliphatic rings. The molecular formula is C15H19N3O4. The Morgan fingerprint density at radius 3 is 2.23 bits per heavy atom. The number of likely N-dealkylation sites (tertiary alicyclic amines) is 1. The first-order valence-corrected chi connectivity index (χ1v) is 6.89. The molecule has 0 aliphatic carbocycles. The van der Waals surface area contributed by atoms with Gasteiger partial charge in [-0.25, -0.2) is 10.4 Å². The van der Waals surface area contributed by atoms with Crippen molar-refractivity contribution in [2.75, 3.05) is 14.1 Å². The number of hydrogen-bond acceptors (Lipinski definition) is 5. The van der Waals surface area contributed by atoms with Crippen LogP contribution in [0.5, 0.6) is 0 Å². The average molecular weight is 305 g/mol. The van der Waals surface area contributed by atoms with Crippen molar-refractivity contribution in [2.45, 2.75) is 19.0 Å². The quantitative estimate of drug-likeness (QED) is 0.723. The van der Waals surface area contributed by atoms with E-state index < -0.39 is 5.97 Å². The van der Waals surface area contributed by atoms with E-state index in [9.17, 15) is 9.59 Å². The monoisotopic (exact) mass is 305 g/mol. The van der Waals surface area contributed by atoms with Gasteiger partial charge in [0.1, 0.15) is 6.04 Å². The van der Waals surface area contributed by atoms with E-state index in [1.165, 1.54) is 4.90 Å². The van der Waals surface area contributed by atoms with Crippen molar-refractivity contribution in [3.63, 3.8) is 0 Å². The fraction of sp³-hybridized carbons (Fsp3) is 0.400. The molecule has 0 bridgehead atoms. The Balaban J connectivity index is 0.000000396. The standard InChI is InChI=1S/C13H15N3O2.C2H4O2/c1-15-12(17)9-10(8-6-4-3-5-7-8)14-16(2)11(9)13(15)18;1-2(3)4/h3-7,9-11,14H,1-2H3;1H3,(H,3,4). The molecule has 7 heteroatoms. The Labute approximate surface area is 128 Å². The fourth-order valence-electron chi connectivity index (χ4n) is 2.87. The van der Waals surface area contributed by atoms with E-state index in [4.69, 9.17) is 9.90 Å². The Morgan fingerprint density at radius 2 is 1.68 bits per heavy atom. The summed E-state index contributed by atoms with van der Waals surface area (Å²) in [6.07, 6.45) is 0. The number of benzene rings is 1. The van der Waals surface area contributed by atoms with Gasteiger partial charge in [-0.1, -0.05) is 30.3 Å². The predicted octanol–water partition coefficient (Wildman–Crippen LogP) is 0.252. The molecule has 1 aromatic rings. The number of rotatable bonds is 1. The van der Waals surface area contributed by atoms with E-state index in [1.807, 2.05) is 37.4 Å². The van der Waals surface area contributed by atoms with Gasteiger partial charge in [-0.2, -0.15) is 0 Å². The van der Waals surface area contributed by atoms with Crippen LogP contribution in [-0.2, 0) is 14.4 Å². The number of carbonyl (C=O) groups is 3. The molecule has 2 heterocycles. The third kappa shape index (κ3) is 2.86. The molecule has 0 saturated carbocycles. The van der Waals surface area contributed by atoms with Crippen LogP contribution in [0.25, 0.3) is 0 Å². The van der Waals surface area contributed by atoms with Gasteiger partial charge < -0.3 is 5.11 Å². The van der Waals surface area contributed by atoms with Crippen LogP contribution in [0, 0.1) is 5.92 Å². The van der Waals surface area contributed by atoms with Crippen molar-refractivity contribution in [1.82, 2.24) is 15.3 Å². The van der Waals surface area contributed by atoms with Crippen LogP contribution in [0.3, 0.4) is 0 Å². The molecule has 2 amide bonds. The highest BCUT2D eigenvalue weighted by Gasteiger charge is 2.56. The van der Waals surface area contributed by atoms with Gasteiger partial charge in [-0.05, 0) is 5.56 Å². The van der Waals surface area contributed by atoms with Crippen molar-refractivity contribution in [1.29, 1.82) is 0 Å².